The van der Waals surface area contributed by atoms with Crippen LogP contribution in [0.25, 0.3) is 0 Å². The zero-order chi connectivity index (χ0) is 29.7. The molecule has 3 heteroatoms. The number of para-hydroxylation sites is 1. The number of hydrogen-bond acceptors (Lipinski definition) is 3. The van der Waals surface area contributed by atoms with Gasteiger partial charge in [0, 0.05) is 43.6 Å². The predicted octanol–water partition coefficient (Wildman–Crippen LogP) is 9.20. The largest absolute Gasteiger partial charge is 0.340 e. The SMILES string of the molecule is CC.CC1=C(N(CCN(C)C2CCN(C(C3=CCC=CC=C3)c3ccccc3)CC2)c2ccccc2C)C=CCC=C1. The Bertz CT molecular complexity index is 1300. The summed E-state index contributed by atoms with van der Waals surface area (Å²) in [5.41, 5.74) is 8.10. The van der Waals surface area contributed by atoms with Crippen LogP contribution in [0.1, 0.15) is 63.6 Å². The summed E-state index contributed by atoms with van der Waals surface area (Å²) >= 11 is 0. The van der Waals surface area contributed by atoms with Crippen molar-refractivity contribution in [3.8, 4) is 0 Å². The molecule has 0 radical (unpaired) electrons. The number of allylic oxidation sites excluding steroid dienone is 9. The van der Waals surface area contributed by atoms with Crippen molar-refractivity contribution in [2.45, 2.75) is 65.5 Å². The van der Waals surface area contributed by atoms with E-state index in [0.29, 0.717) is 12.1 Å². The van der Waals surface area contributed by atoms with Gasteiger partial charge >= 0.3 is 0 Å². The highest BCUT2D eigenvalue weighted by Crippen LogP contribution is 2.34. The average molecular weight is 562 g/mol. The molecule has 2 aliphatic carbocycles. The molecule has 0 amide bonds. The molecule has 0 spiro atoms. The molecule has 1 heterocycles. The van der Waals surface area contributed by atoms with Gasteiger partial charge in [-0.1, -0.05) is 111 Å². The zero-order valence-corrected chi connectivity index (χ0v) is 26.5. The molecule has 42 heavy (non-hydrogen) atoms. The summed E-state index contributed by atoms with van der Waals surface area (Å²) in [6.45, 7) is 12.7. The lowest BCUT2D eigenvalue weighted by molar-refractivity contribution is 0.110. The zero-order valence-electron chi connectivity index (χ0n) is 26.5. The molecule has 0 bridgehead atoms. The maximum absolute atomic E-state index is 2.71. The predicted molar refractivity (Wildman–Crippen MR) is 183 cm³/mol. The van der Waals surface area contributed by atoms with Crippen molar-refractivity contribution in [1.29, 1.82) is 0 Å². The first-order valence-corrected chi connectivity index (χ1v) is 16.0. The van der Waals surface area contributed by atoms with Crippen LogP contribution in [-0.2, 0) is 0 Å². The summed E-state index contributed by atoms with van der Waals surface area (Å²) < 4.78 is 0. The van der Waals surface area contributed by atoms with E-state index in [0.717, 1.165) is 39.0 Å². The summed E-state index contributed by atoms with van der Waals surface area (Å²) in [5.74, 6) is 0. The van der Waals surface area contributed by atoms with E-state index in [9.17, 15) is 0 Å². The lowest BCUT2D eigenvalue weighted by atomic mass is 9.92. The Balaban J connectivity index is 0.00000198. The van der Waals surface area contributed by atoms with Crippen molar-refractivity contribution in [3.63, 3.8) is 0 Å². The number of benzene rings is 2. The van der Waals surface area contributed by atoms with Crippen molar-refractivity contribution < 1.29 is 0 Å². The quantitative estimate of drug-likeness (QED) is 0.302. The first kappa shape index (κ1) is 31.5. The number of rotatable bonds is 9. The van der Waals surface area contributed by atoms with Crippen LogP contribution in [-0.4, -0.2) is 49.1 Å². The van der Waals surface area contributed by atoms with E-state index in [1.807, 2.05) is 13.8 Å². The minimum absolute atomic E-state index is 0.324. The Morgan fingerprint density at radius 1 is 0.786 bits per heavy atom. The summed E-state index contributed by atoms with van der Waals surface area (Å²) in [5, 5.41) is 0. The molecule has 3 aliphatic rings. The molecule has 0 aromatic heterocycles. The smallest absolute Gasteiger partial charge is 0.0598 e. The second-order valence-corrected chi connectivity index (χ2v) is 11.3. The van der Waals surface area contributed by atoms with Crippen LogP contribution in [0, 0.1) is 6.92 Å². The third-order valence-electron chi connectivity index (χ3n) is 8.64. The Morgan fingerprint density at radius 2 is 1.50 bits per heavy atom. The molecule has 5 rings (SSSR count). The average Bonchev–Trinajstić information content (AvgIpc) is 3.43. The monoisotopic (exact) mass is 561 g/mol. The fraction of sp³-hybridized carbons (Fsp3) is 0.385. The summed E-state index contributed by atoms with van der Waals surface area (Å²) in [4.78, 5) is 7.85. The van der Waals surface area contributed by atoms with Crippen LogP contribution in [0.3, 0.4) is 0 Å². The van der Waals surface area contributed by atoms with Crippen molar-refractivity contribution in [3.05, 3.63) is 137 Å². The van der Waals surface area contributed by atoms with Gasteiger partial charge in [-0.2, -0.15) is 0 Å². The van der Waals surface area contributed by atoms with Gasteiger partial charge in [0.15, 0.2) is 0 Å². The number of likely N-dealkylation sites (tertiary alicyclic amines) is 1. The van der Waals surface area contributed by atoms with Crippen LogP contribution in [0.5, 0.6) is 0 Å². The molecule has 1 unspecified atom stereocenters. The third kappa shape index (κ3) is 8.12. The fourth-order valence-electron chi connectivity index (χ4n) is 6.33. The Labute approximate surface area is 255 Å². The van der Waals surface area contributed by atoms with Gasteiger partial charge in [0.25, 0.3) is 0 Å². The Hall–Kier alpha value is -3.40. The highest BCUT2D eigenvalue weighted by Gasteiger charge is 2.29. The number of nitrogens with zero attached hydrogens (tertiary/aromatic N) is 3. The Morgan fingerprint density at radius 3 is 2.26 bits per heavy atom. The molecule has 0 saturated carbocycles. The van der Waals surface area contributed by atoms with Crippen molar-refractivity contribution >= 4 is 5.69 Å². The standard InChI is InChI=1S/C37H45N3.C2H6/c1-30-16-8-6-13-22-35(30)40(36-23-15-14-17-31(36)2)29-28-38(3)34-24-26-39(27-25-34)37(33-20-11-7-12-21-33)32-18-9-4-5-10-19-32;1-2/h4-5,7-9,11-23,34,37H,6,10,24-29H2,1-3H3;1-2H3. The summed E-state index contributed by atoms with van der Waals surface area (Å²) in [7, 11) is 2.33. The molecule has 1 atom stereocenters. The first-order chi connectivity index (χ1) is 20.6. The third-order valence-corrected chi connectivity index (χ3v) is 8.64. The lowest BCUT2D eigenvalue weighted by Crippen LogP contribution is -2.46. The van der Waals surface area contributed by atoms with Crippen LogP contribution < -0.4 is 4.90 Å². The second kappa shape index (κ2) is 16.3. The van der Waals surface area contributed by atoms with E-state index in [2.05, 4.69) is 145 Å². The molecule has 3 nitrogen and oxygen atoms in total. The lowest BCUT2D eigenvalue weighted by Gasteiger charge is -2.41. The van der Waals surface area contributed by atoms with Crippen molar-refractivity contribution in [1.82, 2.24) is 9.80 Å². The first-order valence-electron chi connectivity index (χ1n) is 16.0. The number of piperidine rings is 1. The van der Waals surface area contributed by atoms with Gasteiger partial charge in [-0.3, -0.25) is 4.90 Å². The molecule has 2 aromatic rings. The topological polar surface area (TPSA) is 9.72 Å². The normalized spacial score (nSPS) is 18.3. The van der Waals surface area contributed by atoms with E-state index in [1.54, 1.807) is 0 Å². The van der Waals surface area contributed by atoms with E-state index < -0.39 is 0 Å². The number of hydrogen-bond donors (Lipinski definition) is 0. The van der Waals surface area contributed by atoms with Gasteiger partial charge < -0.3 is 9.80 Å². The number of anilines is 1. The maximum Gasteiger partial charge on any atom is 0.0598 e. The molecule has 1 fully saturated rings. The molecule has 1 aliphatic heterocycles. The molecule has 0 N–H and O–H groups in total. The van der Waals surface area contributed by atoms with E-state index >= 15 is 0 Å². The van der Waals surface area contributed by atoms with Crippen LogP contribution in [0.2, 0.25) is 0 Å². The van der Waals surface area contributed by atoms with Crippen LogP contribution >= 0.6 is 0 Å². The minimum atomic E-state index is 0.324. The second-order valence-electron chi connectivity index (χ2n) is 11.3. The van der Waals surface area contributed by atoms with Crippen molar-refractivity contribution in [2.75, 3.05) is 38.1 Å². The van der Waals surface area contributed by atoms with Gasteiger partial charge in [-0.15, -0.1) is 0 Å². The maximum atomic E-state index is 2.71. The molecular weight excluding hydrogens is 510 g/mol. The van der Waals surface area contributed by atoms with Gasteiger partial charge in [-0.25, -0.2) is 0 Å². The highest BCUT2D eigenvalue weighted by molar-refractivity contribution is 5.61. The molecular formula is C39H51N3. The van der Waals surface area contributed by atoms with Gasteiger partial charge in [-0.05, 0) is 81.0 Å². The van der Waals surface area contributed by atoms with E-state index in [1.165, 1.54) is 46.5 Å². The van der Waals surface area contributed by atoms with E-state index in [-0.39, 0.29) is 0 Å². The molecule has 222 valence electrons. The fourth-order valence-corrected chi connectivity index (χ4v) is 6.33. The van der Waals surface area contributed by atoms with Crippen LogP contribution in [0.4, 0.5) is 5.69 Å². The highest BCUT2D eigenvalue weighted by atomic mass is 15.2. The van der Waals surface area contributed by atoms with Gasteiger partial charge in [0.05, 0.1) is 6.04 Å². The van der Waals surface area contributed by atoms with Gasteiger partial charge in [0.2, 0.25) is 0 Å². The molecule has 1 saturated heterocycles. The number of likely N-dealkylation sites (N-methyl/N-ethyl adjacent to an activating group) is 1. The minimum Gasteiger partial charge on any atom is -0.340 e. The Kier molecular flexibility index (Phi) is 12.2. The molecule has 2 aromatic carbocycles. The van der Waals surface area contributed by atoms with E-state index in [4.69, 9.17) is 0 Å². The summed E-state index contributed by atoms with van der Waals surface area (Å²) in [6.07, 6.45) is 24.9. The number of aryl methyl sites for hydroxylation is 1. The van der Waals surface area contributed by atoms with Crippen LogP contribution in [0.15, 0.2) is 126 Å². The van der Waals surface area contributed by atoms with Gasteiger partial charge in [0.1, 0.15) is 0 Å². The summed E-state index contributed by atoms with van der Waals surface area (Å²) in [6, 6.07) is 20.8. The van der Waals surface area contributed by atoms with Crippen molar-refractivity contribution in [2.24, 2.45) is 0 Å².